The molecule has 0 rings (SSSR count). The Kier molecular flexibility index (Phi) is 10.8. The third-order valence-electron chi connectivity index (χ3n) is 2.36. The SMILES string of the molecule is COC(=O)C=CCCCCCCCCC#N. The number of carbonyl (C=O) groups excluding carboxylic acids is 1. The average Bonchev–Trinajstić information content (AvgIpc) is 2.31. The van der Waals surface area contributed by atoms with Crippen LogP contribution in [0, 0.1) is 11.3 Å². The second-order valence-corrected chi connectivity index (χ2v) is 3.74. The maximum atomic E-state index is 10.7. The van der Waals surface area contributed by atoms with Crippen LogP contribution in [0.4, 0.5) is 0 Å². The number of unbranched alkanes of at least 4 members (excludes halogenated alkanes) is 7. The lowest BCUT2D eigenvalue weighted by molar-refractivity contribution is -0.134. The minimum Gasteiger partial charge on any atom is -0.466 e. The smallest absolute Gasteiger partial charge is 0.330 e. The molecule has 0 radical (unpaired) electrons. The summed E-state index contributed by atoms with van der Waals surface area (Å²) in [5, 5.41) is 8.34. The maximum Gasteiger partial charge on any atom is 0.330 e. The maximum absolute atomic E-state index is 10.7. The number of ether oxygens (including phenoxy) is 1. The minimum atomic E-state index is -0.281. The zero-order chi connectivity index (χ0) is 12.1. The van der Waals surface area contributed by atoms with E-state index in [2.05, 4.69) is 10.8 Å². The Morgan fingerprint density at radius 1 is 1.19 bits per heavy atom. The molecule has 0 atom stereocenters. The molecule has 90 valence electrons. The van der Waals surface area contributed by atoms with Crippen molar-refractivity contribution in [3.63, 3.8) is 0 Å². The average molecular weight is 223 g/mol. The summed E-state index contributed by atoms with van der Waals surface area (Å²) in [5.41, 5.74) is 0. The molecule has 0 unspecified atom stereocenters. The third kappa shape index (κ3) is 10.8. The van der Waals surface area contributed by atoms with E-state index in [1.165, 1.54) is 32.4 Å². The lowest BCUT2D eigenvalue weighted by Gasteiger charge is -1.98. The molecule has 3 nitrogen and oxygen atoms in total. The summed E-state index contributed by atoms with van der Waals surface area (Å²) in [5.74, 6) is -0.281. The third-order valence-corrected chi connectivity index (χ3v) is 2.36. The molecular formula is C13H21NO2. The zero-order valence-electron chi connectivity index (χ0n) is 10.1. The highest BCUT2D eigenvalue weighted by Crippen LogP contribution is 2.08. The number of allylic oxidation sites excluding steroid dienone is 1. The van der Waals surface area contributed by atoms with Gasteiger partial charge in [-0.1, -0.05) is 31.8 Å². The molecule has 0 saturated heterocycles. The van der Waals surface area contributed by atoms with Crippen LogP contribution in [-0.4, -0.2) is 13.1 Å². The van der Waals surface area contributed by atoms with Crippen LogP contribution in [0.1, 0.15) is 51.4 Å². The first-order valence-electron chi connectivity index (χ1n) is 5.92. The van der Waals surface area contributed by atoms with Crippen molar-refractivity contribution in [2.24, 2.45) is 0 Å². The lowest BCUT2D eigenvalue weighted by Crippen LogP contribution is -1.93. The largest absolute Gasteiger partial charge is 0.466 e. The second-order valence-electron chi connectivity index (χ2n) is 3.74. The van der Waals surface area contributed by atoms with E-state index < -0.39 is 0 Å². The van der Waals surface area contributed by atoms with Crippen LogP contribution in [0.2, 0.25) is 0 Å². The summed E-state index contributed by atoms with van der Waals surface area (Å²) in [6.45, 7) is 0. The highest BCUT2D eigenvalue weighted by molar-refractivity contribution is 5.81. The molecule has 0 N–H and O–H groups in total. The van der Waals surface area contributed by atoms with Crippen molar-refractivity contribution in [2.45, 2.75) is 51.4 Å². The minimum absolute atomic E-state index is 0.281. The fourth-order valence-electron chi connectivity index (χ4n) is 1.42. The topological polar surface area (TPSA) is 50.1 Å². The molecule has 0 heterocycles. The van der Waals surface area contributed by atoms with Crippen LogP contribution in [-0.2, 0) is 9.53 Å². The van der Waals surface area contributed by atoms with Gasteiger partial charge in [0.1, 0.15) is 0 Å². The van der Waals surface area contributed by atoms with Crippen LogP contribution >= 0.6 is 0 Å². The Balaban J connectivity index is 3.13. The van der Waals surface area contributed by atoms with Crippen molar-refractivity contribution in [1.82, 2.24) is 0 Å². The van der Waals surface area contributed by atoms with Gasteiger partial charge in [0, 0.05) is 12.5 Å². The highest BCUT2D eigenvalue weighted by Gasteiger charge is 1.92. The Morgan fingerprint density at radius 3 is 2.44 bits per heavy atom. The Labute approximate surface area is 98.1 Å². The predicted octanol–water partition coefficient (Wildman–Crippen LogP) is 3.36. The van der Waals surface area contributed by atoms with Crippen LogP contribution in [0.5, 0.6) is 0 Å². The number of hydrogen-bond acceptors (Lipinski definition) is 3. The molecule has 0 aliphatic rings. The summed E-state index contributed by atoms with van der Waals surface area (Å²) in [7, 11) is 1.38. The Bertz CT molecular complexity index is 241. The summed E-state index contributed by atoms with van der Waals surface area (Å²) in [6.07, 6.45) is 11.9. The molecule has 0 fully saturated rings. The fraction of sp³-hybridized carbons (Fsp3) is 0.692. The quantitative estimate of drug-likeness (QED) is 0.342. The first-order valence-corrected chi connectivity index (χ1v) is 5.92. The van der Waals surface area contributed by atoms with Crippen molar-refractivity contribution >= 4 is 5.97 Å². The second kappa shape index (κ2) is 11.8. The highest BCUT2D eigenvalue weighted by atomic mass is 16.5. The molecule has 0 aromatic rings. The van der Waals surface area contributed by atoms with Gasteiger partial charge in [-0.25, -0.2) is 4.79 Å². The van der Waals surface area contributed by atoms with Gasteiger partial charge in [0.15, 0.2) is 0 Å². The number of methoxy groups -OCH3 is 1. The molecule has 0 aliphatic heterocycles. The van der Waals surface area contributed by atoms with Gasteiger partial charge in [-0.2, -0.15) is 5.26 Å². The van der Waals surface area contributed by atoms with Crippen molar-refractivity contribution in [3.8, 4) is 6.07 Å². The van der Waals surface area contributed by atoms with Crippen molar-refractivity contribution in [2.75, 3.05) is 7.11 Å². The van der Waals surface area contributed by atoms with E-state index in [0.29, 0.717) is 6.42 Å². The van der Waals surface area contributed by atoms with E-state index >= 15 is 0 Å². The first-order chi connectivity index (χ1) is 7.81. The molecule has 0 bridgehead atoms. The van der Waals surface area contributed by atoms with Gasteiger partial charge in [-0.15, -0.1) is 0 Å². The summed E-state index contributed by atoms with van der Waals surface area (Å²) in [4.78, 5) is 10.7. The standard InChI is InChI=1S/C13H21NO2/c1-16-13(15)11-9-7-5-3-2-4-6-8-10-12-14/h9,11H,2-8,10H2,1H3. The van der Waals surface area contributed by atoms with E-state index in [-0.39, 0.29) is 5.97 Å². The van der Waals surface area contributed by atoms with Crippen LogP contribution in [0.15, 0.2) is 12.2 Å². The number of carbonyl (C=O) groups is 1. The van der Waals surface area contributed by atoms with Gasteiger partial charge < -0.3 is 4.74 Å². The summed E-state index contributed by atoms with van der Waals surface area (Å²) >= 11 is 0. The normalized spacial score (nSPS) is 10.2. The number of rotatable bonds is 9. The van der Waals surface area contributed by atoms with Crippen LogP contribution < -0.4 is 0 Å². The van der Waals surface area contributed by atoms with Gasteiger partial charge in [0.2, 0.25) is 0 Å². The molecular weight excluding hydrogens is 202 g/mol. The summed E-state index contributed by atoms with van der Waals surface area (Å²) < 4.78 is 4.48. The zero-order valence-corrected chi connectivity index (χ0v) is 10.1. The fourth-order valence-corrected chi connectivity index (χ4v) is 1.42. The van der Waals surface area contributed by atoms with Crippen molar-refractivity contribution in [1.29, 1.82) is 5.26 Å². The van der Waals surface area contributed by atoms with Crippen molar-refractivity contribution in [3.05, 3.63) is 12.2 Å². The number of nitrogens with zero attached hydrogens (tertiary/aromatic N) is 1. The molecule has 0 amide bonds. The Morgan fingerprint density at radius 2 is 1.81 bits per heavy atom. The van der Waals surface area contributed by atoms with E-state index in [4.69, 9.17) is 5.26 Å². The molecule has 0 aliphatic carbocycles. The molecule has 0 spiro atoms. The van der Waals surface area contributed by atoms with E-state index in [1.54, 1.807) is 0 Å². The van der Waals surface area contributed by atoms with Crippen LogP contribution in [0.25, 0.3) is 0 Å². The molecule has 16 heavy (non-hydrogen) atoms. The predicted molar refractivity (Wildman–Crippen MR) is 63.7 cm³/mol. The van der Waals surface area contributed by atoms with E-state index in [1.807, 2.05) is 6.08 Å². The van der Waals surface area contributed by atoms with E-state index in [9.17, 15) is 4.79 Å². The molecule has 0 saturated carbocycles. The van der Waals surface area contributed by atoms with Gasteiger partial charge in [-0.3, -0.25) is 0 Å². The van der Waals surface area contributed by atoms with Gasteiger partial charge in [0.25, 0.3) is 0 Å². The Hall–Kier alpha value is -1.30. The molecule has 0 aromatic heterocycles. The van der Waals surface area contributed by atoms with Gasteiger partial charge >= 0.3 is 5.97 Å². The molecule has 3 heteroatoms. The molecule has 0 aromatic carbocycles. The van der Waals surface area contributed by atoms with Crippen LogP contribution in [0.3, 0.4) is 0 Å². The number of esters is 1. The first kappa shape index (κ1) is 14.7. The van der Waals surface area contributed by atoms with Gasteiger partial charge in [0.05, 0.1) is 13.2 Å². The van der Waals surface area contributed by atoms with Crippen molar-refractivity contribution < 1.29 is 9.53 Å². The van der Waals surface area contributed by atoms with E-state index in [0.717, 1.165) is 25.7 Å². The summed E-state index contributed by atoms with van der Waals surface area (Å²) in [6, 6.07) is 2.15. The van der Waals surface area contributed by atoms with Gasteiger partial charge in [-0.05, 0) is 19.3 Å². The number of hydrogen-bond donors (Lipinski definition) is 0. The number of nitriles is 1. The lowest BCUT2D eigenvalue weighted by atomic mass is 10.1. The monoisotopic (exact) mass is 223 g/mol.